The highest BCUT2D eigenvalue weighted by molar-refractivity contribution is 6.44. The van der Waals surface area contributed by atoms with Gasteiger partial charge in [-0.2, -0.15) is 0 Å². The average molecular weight is 326 g/mol. The second kappa shape index (κ2) is 7.17. The number of ether oxygens (including phenoxy) is 1. The number of methoxy groups -OCH3 is 1. The standard InChI is InChI=1S/C19H22N2O3/c1-11-6-7-16(24-5)15(10-11)20-18(22)19(23)21-17-13(3)8-12(2)9-14(17)4/h6-10H,1-5H3,(H,20,22)(H,21,23). The molecule has 0 aromatic heterocycles. The summed E-state index contributed by atoms with van der Waals surface area (Å²) < 4.78 is 5.20. The average Bonchev–Trinajstić information content (AvgIpc) is 2.50. The van der Waals surface area contributed by atoms with E-state index in [1.54, 1.807) is 12.1 Å². The van der Waals surface area contributed by atoms with Crippen molar-refractivity contribution in [3.63, 3.8) is 0 Å². The van der Waals surface area contributed by atoms with Crippen LogP contribution in [0.25, 0.3) is 0 Å². The lowest BCUT2D eigenvalue weighted by atomic mass is 10.1. The minimum Gasteiger partial charge on any atom is -0.495 e. The molecule has 2 rings (SSSR count). The third kappa shape index (κ3) is 3.93. The van der Waals surface area contributed by atoms with Gasteiger partial charge in [0.25, 0.3) is 0 Å². The van der Waals surface area contributed by atoms with E-state index in [-0.39, 0.29) is 0 Å². The number of carbonyl (C=O) groups excluding carboxylic acids is 2. The summed E-state index contributed by atoms with van der Waals surface area (Å²) >= 11 is 0. The maximum absolute atomic E-state index is 12.2. The van der Waals surface area contributed by atoms with Crippen LogP contribution in [-0.2, 0) is 9.59 Å². The summed E-state index contributed by atoms with van der Waals surface area (Å²) in [6.45, 7) is 7.69. The van der Waals surface area contributed by atoms with E-state index in [4.69, 9.17) is 4.74 Å². The molecule has 2 amide bonds. The van der Waals surface area contributed by atoms with Crippen molar-refractivity contribution in [1.29, 1.82) is 0 Å². The summed E-state index contributed by atoms with van der Waals surface area (Å²) in [5.74, 6) is -0.948. The summed E-state index contributed by atoms with van der Waals surface area (Å²) in [5.41, 5.74) is 5.03. The van der Waals surface area contributed by atoms with Crippen LogP contribution in [0.2, 0.25) is 0 Å². The predicted octanol–water partition coefficient (Wildman–Crippen LogP) is 3.51. The van der Waals surface area contributed by atoms with Crippen molar-refractivity contribution in [2.75, 3.05) is 17.7 Å². The van der Waals surface area contributed by atoms with E-state index in [9.17, 15) is 9.59 Å². The SMILES string of the molecule is COc1ccc(C)cc1NC(=O)C(=O)Nc1c(C)cc(C)cc1C. The first-order valence-corrected chi connectivity index (χ1v) is 7.66. The van der Waals surface area contributed by atoms with Gasteiger partial charge in [0.1, 0.15) is 5.75 Å². The van der Waals surface area contributed by atoms with Crippen molar-refractivity contribution in [3.8, 4) is 5.75 Å². The fraction of sp³-hybridized carbons (Fsp3) is 0.263. The zero-order valence-electron chi connectivity index (χ0n) is 14.6. The van der Waals surface area contributed by atoms with Gasteiger partial charge in [-0.25, -0.2) is 0 Å². The molecule has 0 fully saturated rings. The summed E-state index contributed by atoms with van der Waals surface area (Å²) in [7, 11) is 1.51. The van der Waals surface area contributed by atoms with E-state index in [2.05, 4.69) is 10.6 Å². The van der Waals surface area contributed by atoms with Gasteiger partial charge in [-0.05, 0) is 56.5 Å². The molecule has 126 valence electrons. The van der Waals surface area contributed by atoms with Gasteiger partial charge in [0.2, 0.25) is 0 Å². The second-order valence-electron chi connectivity index (χ2n) is 5.89. The van der Waals surface area contributed by atoms with Crippen LogP contribution in [0.1, 0.15) is 22.3 Å². The molecule has 24 heavy (non-hydrogen) atoms. The molecule has 2 N–H and O–H groups in total. The maximum atomic E-state index is 12.2. The Kier molecular flexibility index (Phi) is 5.24. The van der Waals surface area contributed by atoms with Crippen molar-refractivity contribution in [2.24, 2.45) is 0 Å². The zero-order chi connectivity index (χ0) is 17.9. The van der Waals surface area contributed by atoms with Gasteiger partial charge in [-0.3, -0.25) is 9.59 Å². The fourth-order valence-electron chi connectivity index (χ4n) is 2.65. The summed E-state index contributed by atoms with van der Waals surface area (Å²) in [5, 5.41) is 5.28. The Hall–Kier alpha value is -2.82. The molecule has 0 aliphatic heterocycles. The third-order valence-corrected chi connectivity index (χ3v) is 3.72. The molecule has 0 spiro atoms. The second-order valence-corrected chi connectivity index (χ2v) is 5.89. The molecule has 0 aliphatic carbocycles. The van der Waals surface area contributed by atoms with E-state index in [1.165, 1.54) is 7.11 Å². The first-order valence-electron chi connectivity index (χ1n) is 7.66. The van der Waals surface area contributed by atoms with Crippen molar-refractivity contribution in [2.45, 2.75) is 27.7 Å². The number of benzene rings is 2. The van der Waals surface area contributed by atoms with Crippen LogP contribution >= 0.6 is 0 Å². The van der Waals surface area contributed by atoms with Crippen LogP contribution in [-0.4, -0.2) is 18.9 Å². The van der Waals surface area contributed by atoms with Gasteiger partial charge in [0.15, 0.2) is 0 Å². The quantitative estimate of drug-likeness (QED) is 0.848. The first-order chi connectivity index (χ1) is 11.3. The number of nitrogens with one attached hydrogen (secondary N) is 2. The van der Waals surface area contributed by atoms with Gasteiger partial charge in [0.05, 0.1) is 12.8 Å². The number of anilines is 2. The highest BCUT2D eigenvalue weighted by Crippen LogP contribution is 2.25. The van der Waals surface area contributed by atoms with Crippen LogP contribution < -0.4 is 15.4 Å². The Bertz CT molecular complexity index is 774. The summed E-state index contributed by atoms with van der Waals surface area (Å²) in [6.07, 6.45) is 0. The van der Waals surface area contributed by atoms with Gasteiger partial charge in [-0.15, -0.1) is 0 Å². The summed E-state index contributed by atoms with van der Waals surface area (Å²) in [6, 6.07) is 9.30. The van der Waals surface area contributed by atoms with Crippen molar-refractivity contribution >= 4 is 23.2 Å². The molecule has 0 saturated carbocycles. The Balaban J connectivity index is 2.17. The van der Waals surface area contributed by atoms with Gasteiger partial charge in [-0.1, -0.05) is 23.8 Å². The number of hydrogen-bond acceptors (Lipinski definition) is 3. The molecule has 0 radical (unpaired) electrons. The smallest absolute Gasteiger partial charge is 0.314 e. The van der Waals surface area contributed by atoms with Crippen LogP contribution in [0.5, 0.6) is 5.75 Å². The number of carbonyl (C=O) groups is 2. The third-order valence-electron chi connectivity index (χ3n) is 3.72. The number of aryl methyl sites for hydroxylation is 4. The van der Waals surface area contributed by atoms with Crippen LogP contribution in [0.3, 0.4) is 0 Å². The predicted molar refractivity (Wildman–Crippen MR) is 95.6 cm³/mol. The van der Waals surface area contributed by atoms with E-state index in [0.717, 1.165) is 22.3 Å². The lowest BCUT2D eigenvalue weighted by Gasteiger charge is -2.14. The van der Waals surface area contributed by atoms with Crippen LogP contribution in [0.15, 0.2) is 30.3 Å². The summed E-state index contributed by atoms with van der Waals surface area (Å²) in [4.78, 5) is 24.4. The van der Waals surface area contributed by atoms with Crippen molar-refractivity contribution < 1.29 is 14.3 Å². The molecule has 0 aliphatic rings. The minimum absolute atomic E-state index is 0.468. The number of hydrogen-bond donors (Lipinski definition) is 2. The van der Waals surface area contributed by atoms with Gasteiger partial charge >= 0.3 is 11.8 Å². The molecule has 5 nitrogen and oxygen atoms in total. The Morgan fingerprint density at radius 1 is 0.833 bits per heavy atom. The lowest BCUT2D eigenvalue weighted by molar-refractivity contribution is -0.133. The highest BCUT2D eigenvalue weighted by atomic mass is 16.5. The molecule has 5 heteroatoms. The zero-order valence-corrected chi connectivity index (χ0v) is 14.6. The molecule has 0 saturated heterocycles. The van der Waals surface area contributed by atoms with E-state index in [0.29, 0.717) is 17.1 Å². The van der Waals surface area contributed by atoms with E-state index >= 15 is 0 Å². The minimum atomic E-state index is -0.738. The first kappa shape index (κ1) is 17.5. The normalized spacial score (nSPS) is 10.2. The highest BCUT2D eigenvalue weighted by Gasteiger charge is 2.18. The molecule has 2 aromatic carbocycles. The molecular weight excluding hydrogens is 304 g/mol. The molecule has 0 bridgehead atoms. The maximum Gasteiger partial charge on any atom is 0.314 e. The molecule has 0 atom stereocenters. The fourth-order valence-corrected chi connectivity index (χ4v) is 2.65. The molecule has 2 aromatic rings. The number of amides is 2. The lowest BCUT2D eigenvalue weighted by Crippen LogP contribution is -2.29. The van der Waals surface area contributed by atoms with Gasteiger partial charge < -0.3 is 15.4 Å². The van der Waals surface area contributed by atoms with Gasteiger partial charge in [0, 0.05) is 5.69 Å². The monoisotopic (exact) mass is 326 g/mol. The van der Waals surface area contributed by atoms with Crippen molar-refractivity contribution in [1.82, 2.24) is 0 Å². The largest absolute Gasteiger partial charge is 0.495 e. The Morgan fingerprint density at radius 2 is 1.42 bits per heavy atom. The topological polar surface area (TPSA) is 67.4 Å². The molecule has 0 heterocycles. The van der Waals surface area contributed by atoms with Crippen LogP contribution in [0, 0.1) is 27.7 Å². The van der Waals surface area contributed by atoms with Crippen LogP contribution in [0.4, 0.5) is 11.4 Å². The number of rotatable bonds is 3. The van der Waals surface area contributed by atoms with E-state index < -0.39 is 11.8 Å². The Morgan fingerprint density at radius 3 is 2.00 bits per heavy atom. The van der Waals surface area contributed by atoms with Crippen molar-refractivity contribution in [3.05, 3.63) is 52.6 Å². The molecule has 0 unspecified atom stereocenters. The van der Waals surface area contributed by atoms with E-state index in [1.807, 2.05) is 45.9 Å². The Labute approximate surface area is 142 Å². The molecular formula is C19H22N2O3.